The Morgan fingerprint density at radius 3 is 2.38 bits per heavy atom. The fourth-order valence-electron chi connectivity index (χ4n) is 1.45. The van der Waals surface area contributed by atoms with Crippen LogP contribution in [0.1, 0.15) is 17.3 Å². The zero-order valence-electron chi connectivity index (χ0n) is 8.70. The maximum atomic E-state index is 12.9. The number of hydrogen-bond acceptors (Lipinski definition) is 3. The number of nitrogens with zero attached hydrogens (tertiary/aromatic N) is 2. The molecule has 0 saturated heterocycles. The van der Waals surface area contributed by atoms with Gasteiger partial charge < -0.3 is 4.52 Å². The lowest BCUT2D eigenvalue weighted by Gasteiger charge is -1.99. The van der Waals surface area contributed by atoms with Crippen molar-refractivity contribution >= 4 is 0 Å². The second-order valence-electron chi connectivity index (χ2n) is 3.51. The summed E-state index contributed by atoms with van der Waals surface area (Å²) in [5.74, 6) is -0.115. The van der Waals surface area contributed by atoms with Crippen molar-refractivity contribution in [1.29, 1.82) is 0 Å². The van der Waals surface area contributed by atoms with Crippen LogP contribution in [0.25, 0.3) is 0 Å². The molecule has 0 atom stereocenters. The molecule has 1 aromatic carbocycles. The van der Waals surface area contributed by atoms with Crippen molar-refractivity contribution in [3.8, 4) is 0 Å². The van der Waals surface area contributed by atoms with Gasteiger partial charge in [0.05, 0.1) is 0 Å². The van der Waals surface area contributed by atoms with E-state index in [9.17, 15) is 8.78 Å². The van der Waals surface area contributed by atoms with Crippen LogP contribution in [0.3, 0.4) is 0 Å². The monoisotopic (exact) mass is 224 g/mol. The number of benzene rings is 1. The Bertz CT molecular complexity index is 476. The van der Waals surface area contributed by atoms with Crippen LogP contribution in [0.2, 0.25) is 0 Å². The van der Waals surface area contributed by atoms with Gasteiger partial charge in [-0.25, -0.2) is 8.78 Å². The predicted octanol–water partition coefficient (Wildman–Crippen LogP) is 2.44. The molecule has 0 unspecified atom stereocenters. The summed E-state index contributed by atoms with van der Waals surface area (Å²) in [7, 11) is 0. The second kappa shape index (κ2) is 4.38. The van der Waals surface area contributed by atoms with E-state index in [2.05, 4.69) is 10.1 Å². The molecule has 0 amide bonds. The standard InChI is InChI=1S/C11H10F2N2O/c1-7-14-11(16-15-7)3-2-8-4-9(12)6-10(13)5-8/h4-6H,2-3H2,1H3. The summed E-state index contributed by atoms with van der Waals surface area (Å²) in [4.78, 5) is 4.01. The first-order valence-corrected chi connectivity index (χ1v) is 4.87. The molecule has 0 bridgehead atoms. The van der Waals surface area contributed by atoms with Crippen LogP contribution in [0.4, 0.5) is 8.78 Å². The van der Waals surface area contributed by atoms with E-state index in [-0.39, 0.29) is 0 Å². The zero-order valence-corrected chi connectivity index (χ0v) is 8.70. The second-order valence-corrected chi connectivity index (χ2v) is 3.51. The highest BCUT2D eigenvalue weighted by molar-refractivity contribution is 5.18. The van der Waals surface area contributed by atoms with Crippen molar-refractivity contribution < 1.29 is 13.3 Å². The summed E-state index contributed by atoms with van der Waals surface area (Å²) in [5, 5.41) is 3.63. The molecule has 0 aliphatic rings. The van der Waals surface area contributed by atoms with E-state index in [0.717, 1.165) is 6.07 Å². The van der Waals surface area contributed by atoms with E-state index in [4.69, 9.17) is 4.52 Å². The Kier molecular flexibility index (Phi) is 2.94. The maximum absolute atomic E-state index is 12.9. The SMILES string of the molecule is Cc1noc(CCc2cc(F)cc(F)c2)n1. The average Bonchev–Trinajstić information content (AvgIpc) is 2.60. The Labute approximate surface area is 91.1 Å². The minimum absolute atomic E-state index is 0.469. The van der Waals surface area contributed by atoms with Gasteiger partial charge in [0, 0.05) is 12.5 Å². The van der Waals surface area contributed by atoms with Crippen LogP contribution >= 0.6 is 0 Å². The molecule has 0 aliphatic carbocycles. The molecule has 84 valence electrons. The summed E-state index contributed by atoms with van der Waals surface area (Å²) in [5.41, 5.74) is 0.577. The topological polar surface area (TPSA) is 38.9 Å². The van der Waals surface area contributed by atoms with E-state index in [1.54, 1.807) is 6.92 Å². The molecule has 16 heavy (non-hydrogen) atoms. The Morgan fingerprint density at radius 1 is 1.12 bits per heavy atom. The van der Waals surface area contributed by atoms with Crippen LogP contribution in [-0.2, 0) is 12.8 Å². The highest BCUT2D eigenvalue weighted by Gasteiger charge is 2.05. The minimum atomic E-state index is -0.572. The molecule has 0 saturated carbocycles. The molecule has 0 N–H and O–H groups in total. The van der Waals surface area contributed by atoms with Gasteiger partial charge in [0.1, 0.15) is 11.6 Å². The first-order valence-electron chi connectivity index (χ1n) is 4.87. The van der Waals surface area contributed by atoms with E-state index >= 15 is 0 Å². The number of halogens is 2. The zero-order chi connectivity index (χ0) is 11.5. The first-order chi connectivity index (χ1) is 7.63. The van der Waals surface area contributed by atoms with Gasteiger partial charge in [-0.15, -0.1) is 0 Å². The highest BCUT2D eigenvalue weighted by atomic mass is 19.1. The molecule has 2 rings (SSSR count). The first kappa shape index (κ1) is 10.7. The molecule has 0 fully saturated rings. The summed E-state index contributed by atoms with van der Waals surface area (Å²) < 4.78 is 30.6. The van der Waals surface area contributed by atoms with Crippen molar-refractivity contribution in [3.05, 3.63) is 47.1 Å². The Balaban J connectivity index is 2.04. The smallest absolute Gasteiger partial charge is 0.226 e. The third-order valence-corrected chi connectivity index (χ3v) is 2.12. The van der Waals surface area contributed by atoms with Gasteiger partial charge in [0.25, 0.3) is 0 Å². The highest BCUT2D eigenvalue weighted by Crippen LogP contribution is 2.10. The van der Waals surface area contributed by atoms with E-state index in [1.165, 1.54) is 12.1 Å². The van der Waals surface area contributed by atoms with Crippen LogP contribution in [-0.4, -0.2) is 10.1 Å². The molecule has 0 spiro atoms. The predicted molar refractivity (Wildman–Crippen MR) is 52.8 cm³/mol. The van der Waals surface area contributed by atoms with E-state index < -0.39 is 11.6 Å². The van der Waals surface area contributed by atoms with Crippen LogP contribution in [0.5, 0.6) is 0 Å². The molecule has 5 heteroatoms. The molecular weight excluding hydrogens is 214 g/mol. The van der Waals surface area contributed by atoms with Crippen LogP contribution < -0.4 is 0 Å². The van der Waals surface area contributed by atoms with E-state index in [0.29, 0.717) is 30.1 Å². The molecule has 2 aromatic rings. The Morgan fingerprint density at radius 2 is 1.81 bits per heavy atom. The minimum Gasteiger partial charge on any atom is -0.339 e. The summed E-state index contributed by atoms with van der Waals surface area (Å²) in [6.07, 6.45) is 0.944. The molecule has 3 nitrogen and oxygen atoms in total. The summed E-state index contributed by atoms with van der Waals surface area (Å²) in [6.45, 7) is 1.72. The maximum Gasteiger partial charge on any atom is 0.226 e. The van der Waals surface area contributed by atoms with Crippen molar-refractivity contribution in [3.63, 3.8) is 0 Å². The number of aromatic nitrogens is 2. The normalized spacial score (nSPS) is 10.7. The Hall–Kier alpha value is -1.78. The third-order valence-electron chi connectivity index (χ3n) is 2.12. The van der Waals surface area contributed by atoms with E-state index in [1.807, 2.05) is 0 Å². The summed E-state index contributed by atoms with van der Waals surface area (Å²) in [6, 6.07) is 3.44. The average molecular weight is 224 g/mol. The fraction of sp³-hybridized carbons (Fsp3) is 0.273. The number of aryl methyl sites for hydroxylation is 3. The lowest BCUT2D eigenvalue weighted by atomic mass is 10.1. The van der Waals surface area contributed by atoms with Crippen molar-refractivity contribution in [2.45, 2.75) is 19.8 Å². The summed E-state index contributed by atoms with van der Waals surface area (Å²) >= 11 is 0. The molecule has 1 aromatic heterocycles. The van der Waals surface area contributed by atoms with Gasteiger partial charge >= 0.3 is 0 Å². The molecule has 1 heterocycles. The lowest BCUT2D eigenvalue weighted by molar-refractivity contribution is 0.374. The van der Waals surface area contributed by atoms with Crippen molar-refractivity contribution in [2.75, 3.05) is 0 Å². The van der Waals surface area contributed by atoms with Crippen LogP contribution in [0, 0.1) is 18.6 Å². The van der Waals surface area contributed by atoms with Gasteiger partial charge in [-0.05, 0) is 31.0 Å². The van der Waals surface area contributed by atoms with Crippen LogP contribution in [0.15, 0.2) is 22.7 Å². The van der Waals surface area contributed by atoms with Gasteiger partial charge in [-0.2, -0.15) is 4.98 Å². The van der Waals surface area contributed by atoms with Crippen molar-refractivity contribution in [2.24, 2.45) is 0 Å². The van der Waals surface area contributed by atoms with Gasteiger partial charge in [-0.3, -0.25) is 0 Å². The number of hydrogen-bond donors (Lipinski definition) is 0. The fourth-order valence-corrected chi connectivity index (χ4v) is 1.45. The van der Waals surface area contributed by atoms with Crippen molar-refractivity contribution in [1.82, 2.24) is 10.1 Å². The number of rotatable bonds is 3. The van der Waals surface area contributed by atoms with Gasteiger partial charge in [0.15, 0.2) is 5.82 Å². The molecule has 0 aliphatic heterocycles. The molecule has 0 radical (unpaired) electrons. The van der Waals surface area contributed by atoms with Gasteiger partial charge in [0.2, 0.25) is 5.89 Å². The quantitative estimate of drug-likeness (QED) is 0.803. The largest absolute Gasteiger partial charge is 0.339 e. The lowest BCUT2D eigenvalue weighted by Crippen LogP contribution is -1.94. The molecular formula is C11H10F2N2O. The van der Waals surface area contributed by atoms with Gasteiger partial charge in [-0.1, -0.05) is 5.16 Å². The third kappa shape index (κ3) is 2.62.